The van der Waals surface area contributed by atoms with E-state index in [0.717, 1.165) is 24.8 Å². The molecule has 1 aliphatic rings. The molecule has 1 aromatic rings. The van der Waals surface area contributed by atoms with Crippen molar-refractivity contribution in [2.24, 2.45) is 0 Å². The molecule has 0 spiro atoms. The van der Waals surface area contributed by atoms with Crippen molar-refractivity contribution in [1.29, 1.82) is 0 Å². The Balaban J connectivity index is 2.08. The second-order valence-corrected chi connectivity index (χ2v) is 4.45. The lowest BCUT2D eigenvalue weighted by Gasteiger charge is -2.25. The van der Waals surface area contributed by atoms with Gasteiger partial charge in [0.15, 0.2) is 0 Å². The summed E-state index contributed by atoms with van der Waals surface area (Å²) in [6.45, 7) is 1.40. The Morgan fingerprint density at radius 2 is 2.12 bits per heavy atom. The fourth-order valence-corrected chi connectivity index (χ4v) is 2.24. The molecular weight excluding hydrogens is 216 g/mol. The highest BCUT2D eigenvalue weighted by Crippen LogP contribution is 2.32. The molecule has 1 unspecified atom stereocenters. The lowest BCUT2D eigenvalue weighted by atomic mass is 9.89. The van der Waals surface area contributed by atoms with E-state index in [1.54, 1.807) is 0 Å². The second-order valence-electron chi connectivity index (χ2n) is 4.45. The second kappa shape index (κ2) is 5.13. The zero-order valence-corrected chi connectivity index (χ0v) is 9.94. The smallest absolute Gasteiger partial charge is 0.313 e. The zero-order chi connectivity index (χ0) is 12.3. The van der Waals surface area contributed by atoms with E-state index in [9.17, 15) is 9.59 Å². The number of benzene rings is 1. The summed E-state index contributed by atoms with van der Waals surface area (Å²) in [5, 5.41) is 0. The van der Waals surface area contributed by atoms with Crippen molar-refractivity contribution in [1.82, 2.24) is 0 Å². The molecule has 0 aliphatic heterocycles. The number of esters is 1. The highest BCUT2D eigenvalue weighted by molar-refractivity contribution is 5.94. The third-order valence-corrected chi connectivity index (χ3v) is 2.98. The molecule has 3 nitrogen and oxygen atoms in total. The first-order chi connectivity index (χ1) is 8.16. The quantitative estimate of drug-likeness (QED) is 0.594. The van der Waals surface area contributed by atoms with Crippen molar-refractivity contribution in [3.8, 4) is 0 Å². The van der Waals surface area contributed by atoms with Crippen molar-refractivity contribution in [3.05, 3.63) is 35.4 Å². The predicted octanol–water partition coefficient (Wildman–Crippen LogP) is 2.59. The zero-order valence-electron chi connectivity index (χ0n) is 9.94. The average molecular weight is 232 g/mol. The van der Waals surface area contributed by atoms with E-state index < -0.39 is 5.97 Å². The lowest BCUT2D eigenvalue weighted by molar-refractivity contribution is -0.151. The van der Waals surface area contributed by atoms with Crippen LogP contribution in [0.15, 0.2) is 24.3 Å². The maximum absolute atomic E-state index is 11.5. The van der Waals surface area contributed by atoms with E-state index in [0.29, 0.717) is 0 Å². The number of rotatable bonds is 3. The molecule has 0 radical (unpaired) electrons. The first kappa shape index (κ1) is 11.8. The lowest BCUT2D eigenvalue weighted by Crippen LogP contribution is -2.18. The predicted molar refractivity (Wildman–Crippen MR) is 63.5 cm³/mol. The highest BCUT2D eigenvalue weighted by atomic mass is 16.5. The van der Waals surface area contributed by atoms with Crippen LogP contribution in [0.2, 0.25) is 0 Å². The number of Topliss-reactive ketones (excluding diaryl/α,β-unsaturated/α-hetero) is 1. The summed E-state index contributed by atoms with van der Waals surface area (Å²) in [6, 6.07) is 8.02. The van der Waals surface area contributed by atoms with Crippen LogP contribution in [0, 0.1) is 0 Å². The summed E-state index contributed by atoms with van der Waals surface area (Å²) in [4.78, 5) is 22.3. The molecule has 0 heterocycles. The summed E-state index contributed by atoms with van der Waals surface area (Å²) in [7, 11) is 0. The van der Waals surface area contributed by atoms with Crippen molar-refractivity contribution >= 4 is 11.8 Å². The third-order valence-electron chi connectivity index (χ3n) is 2.98. The molecule has 0 saturated carbocycles. The number of ketones is 1. The topological polar surface area (TPSA) is 43.4 Å². The molecular formula is C14H16O3. The van der Waals surface area contributed by atoms with E-state index in [4.69, 9.17) is 4.74 Å². The van der Waals surface area contributed by atoms with E-state index in [1.165, 1.54) is 12.5 Å². The fourth-order valence-electron chi connectivity index (χ4n) is 2.24. The van der Waals surface area contributed by atoms with Crippen molar-refractivity contribution in [2.45, 2.75) is 38.7 Å². The number of hydrogen-bond acceptors (Lipinski definition) is 3. The number of fused-ring (bicyclic) bond motifs is 1. The summed E-state index contributed by atoms with van der Waals surface area (Å²) in [5.41, 5.74) is 2.34. The van der Waals surface area contributed by atoms with Gasteiger partial charge in [-0.1, -0.05) is 24.3 Å². The van der Waals surface area contributed by atoms with Crippen LogP contribution in [0.1, 0.15) is 43.4 Å². The molecule has 90 valence electrons. The Kier molecular flexibility index (Phi) is 3.57. The Morgan fingerprint density at radius 1 is 1.35 bits per heavy atom. The Labute approximate surface area is 101 Å². The minimum atomic E-state index is -0.417. The molecule has 1 aromatic carbocycles. The van der Waals surface area contributed by atoms with Gasteiger partial charge in [0.25, 0.3) is 0 Å². The largest absolute Gasteiger partial charge is 0.457 e. The maximum Gasteiger partial charge on any atom is 0.313 e. The van der Waals surface area contributed by atoms with Crippen LogP contribution in [-0.4, -0.2) is 11.8 Å². The van der Waals surface area contributed by atoms with Crippen LogP contribution in [0.3, 0.4) is 0 Å². The monoisotopic (exact) mass is 232 g/mol. The van der Waals surface area contributed by atoms with Crippen LogP contribution in [0.25, 0.3) is 0 Å². The Bertz CT molecular complexity index is 437. The maximum atomic E-state index is 11.5. The van der Waals surface area contributed by atoms with Crippen LogP contribution in [0.5, 0.6) is 0 Å². The SMILES string of the molecule is CC(=O)CC(=O)OC1CCCc2ccccc21. The molecule has 0 N–H and O–H groups in total. The first-order valence-electron chi connectivity index (χ1n) is 5.93. The molecule has 0 aromatic heterocycles. The van der Waals surface area contributed by atoms with Crippen LogP contribution in [0.4, 0.5) is 0 Å². The van der Waals surface area contributed by atoms with E-state index >= 15 is 0 Å². The van der Waals surface area contributed by atoms with Crippen LogP contribution in [-0.2, 0) is 20.7 Å². The van der Waals surface area contributed by atoms with E-state index in [2.05, 4.69) is 6.07 Å². The summed E-state index contributed by atoms with van der Waals surface area (Å²) in [6.07, 6.45) is 2.61. The van der Waals surface area contributed by atoms with Crippen molar-refractivity contribution in [2.75, 3.05) is 0 Å². The fraction of sp³-hybridized carbons (Fsp3) is 0.429. The van der Waals surface area contributed by atoms with E-state index in [1.807, 2.05) is 18.2 Å². The molecule has 17 heavy (non-hydrogen) atoms. The Hall–Kier alpha value is -1.64. The number of carbonyl (C=O) groups is 2. The first-order valence-corrected chi connectivity index (χ1v) is 5.93. The molecule has 2 rings (SSSR count). The van der Waals surface area contributed by atoms with Crippen molar-refractivity contribution in [3.63, 3.8) is 0 Å². The van der Waals surface area contributed by atoms with Gasteiger partial charge in [0, 0.05) is 0 Å². The minimum absolute atomic E-state index is 0.126. The van der Waals surface area contributed by atoms with E-state index in [-0.39, 0.29) is 18.3 Å². The van der Waals surface area contributed by atoms with Crippen LogP contribution >= 0.6 is 0 Å². The van der Waals surface area contributed by atoms with Gasteiger partial charge in [-0.3, -0.25) is 9.59 Å². The number of hydrogen-bond donors (Lipinski definition) is 0. The summed E-state index contributed by atoms with van der Waals surface area (Å²) in [5.74, 6) is -0.571. The Morgan fingerprint density at radius 3 is 2.88 bits per heavy atom. The van der Waals surface area contributed by atoms with Gasteiger partial charge in [-0.2, -0.15) is 0 Å². The van der Waals surface area contributed by atoms with Gasteiger partial charge in [0.1, 0.15) is 18.3 Å². The minimum Gasteiger partial charge on any atom is -0.457 e. The average Bonchev–Trinajstić information content (AvgIpc) is 2.28. The van der Waals surface area contributed by atoms with Gasteiger partial charge in [0.05, 0.1) is 0 Å². The van der Waals surface area contributed by atoms with Crippen LogP contribution < -0.4 is 0 Å². The number of aryl methyl sites for hydroxylation is 1. The third kappa shape index (κ3) is 2.93. The molecule has 0 amide bonds. The van der Waals surface area contributed by atoms with Gasteiger partial charge < -0.3 is 4.74 Å². The molecule has 0 fully saturated rings. The molecule has 1 aliphatic carbocycles. The highest BCUT2D eigenvalue weighted by Gasteiger charge is 2.23. The molecule has 0 saturated heterocycles. The summed E-state index contributed by atoms with van der Waals surface area (Å²) < 4.78 is 5.37. The normalized spacial score (nSPS) is 18.3. The number of ether oxygens (including phenoxy) is 1. The molecule has 0 bridgehead atoms. The number of carbonyl (C=O) groups excluding carboxylic acids is 2. The summed E-state index contributed by atoms with van der Waals surface area (Å²) >= 11 is 0. The van der Waals surface area contributed by atoms with Crippen molar-refractivity contribution < 1.29 is 14.3 Å². The van der Waals surface area contributed by atoms with Gasteiger partial charge in [-0.15, -0.1) is 0 Å². The van der Waals surface area contributed by atoms with Gasteiger partial charge in [-0.05, 0) is 37.3 Å². The van der Waals surface area contributed by atoms with Gasteiger partial charge in [0.2, 0.25) is 0 Å². The molecule has 3 heteroatoms. The molecule has 1 atom stereocenters. The standard InChI is InChI=1S/C14H16O3/c1-10(15)9-14(16)17-13-8-4-6-11-5-2-3-7-12(11)13/h2-3,5,7,13H,4,6,8-9H2,1H3. The van der Waals surface area contributed by atoms with Gasteiger partial charge in [-0.25, -0.2) is 0 Å². The van der Waals surface area contributed by atoms with Gasteiger partial charge >= 0.3 is 5.97 Å².